The topological polar surface area (TPSA) is 37.3 Å². The summed E-state index contributed by atoms with van der Waals surface area (Å²) in [6, 6.07) is 10.0. The molecule has 0 aliphatic heterocycles. The van der Waals surface area contributed by atoms with Crippen LogP contribution >= 0.6 is 11.8 Å². The van der Waals surface area contributed by atoms with Crippen molar-refractivity contribution in [3.05, 3.63) is 42.0 Å². The van der Waals surface area contributed by atoms with E-state index in [2.05, 4.69) is 0 Å². The molecule has 1 rings (SSSR count). The van der Waals surface area contributed by atoms with Crippen molar-refractivity contribution in [2.24, 2.45) is 0 Å². The molecule has 0 fully saturated rings. The third-order valence-electron chi connectivity index (χ3n) is 1.91. The molecule has 1 aromatic carbocycles. The predicted molar refractivity (Wildman–Crippen MR) is 63.0 cm³/mol. The summed E-state index contributed by atoms with van der Waals surface area (Å²) >= 11 is 1.71. The maximum Gasteiger partial charge on any atom is 0.145 e. The van der Waals surface area contributed by atoms with Crippen LogP contribution in [0.3, 0.4) is 0 Å². The monoisotopic (exact) mass is 222 g/mol. The average molecular weight is 222 g/mol. The first kappa shape index (κ1) is 12.0. The maximum absolute atomic E-state index is 10.5. The van der Waals surface area contributed by atoms with Crippen LogP contribution in [0.5, 0.6) is 0 Å². The molecule has 0 radical (unpaired) electrons. The van der Waals surface area contributed by atoms with Gasteiger partial charge >= 0.3 is 0 Å². The minimum absolute atomic E-state index is 0.0654. The Bertz CT molecular complexity index is 320. The van der Waals surface area contributed by atoms with Crippen LogP contribution in [0, 0.1) is 0 Å². The molecule has 0 atom stereocenters. The summed E-state index contributed by atoms with van der Waals surface area (Å²) in [5.74, 6) is 0.856. The fourth-order valence-corrected chi connectivity index (χ4v) is 2.05. The standard InChI is InChI=1S/C12H14O2S/c13-8-6-11(10-14)7-9-15-12-4-2-1-3-5-12/h1-6,10,13H,7-9H2/b11-6-. The Hall–Kier alpha value is -1.06. The largest absolute Gasteiger partial charge is 0.392 e. The Morgan fingerprint density at radius 2 is 2.07 bits per heavy atom. The quantitative estimate of drug-likeness (QED) is 0.456. The Morgan fingerprint density at radius 3 is 2.67 bits per heavy atom. The smallest absolute Gasteiger partial charge is 0.145 e. The molecule has 1 aromatic rings. The number of carbonyl (C=O) groups excluding carboxylic acids is 1. The van der Waals surface area contributed by atoms with Crippen molar-refractivity contribution in [3.8, 4) is 0 Å². The van der Waals surface area contributed by atoms with Gasteiger partial charge < -0.3 is 5.11 Å². The molecule has 0 heterocycles. The van der Waals surface area contributed by atoms with E-state index in [1.165, 1.54) is 4.90 Å². The molecule has 2 nitrogen and oxygen atoms in total. The van der Waals surface area contributed by atoms with Gasteiger partial charge in [-0.05, 0) is 24.1 Å². The number of hydrogen-bond donors (Lipinski definition) is 1. The van der Waals surface area contributed by atoms with Crippen LogP contribution in [0.25, 0.3) is 0 Å². The normalized spacial score (nSPS) is 11.4. The summed E-state index contributed by atoms with van der Waals surface area (Å²) in [6.45, 7) is -0.0654. The molecule has 0 spiro atoms. The van der Waals surface area contributed by atoms with E-state index in [4.69, 9.17) is 5.11 Å². The molecular weight excluding hydrogens is 208 g/mol. The van der Waals surface area contributed by atoms with Crippen molar-refractivity contribution in [2.75, 3.05) is 12.4 Å². The predicted octanol–water partition coefficient (Wildman–Crippen LogP) is 2.29. The van der Waals surface area contributed by atoms with Crippen LogP contribution in [-0.4, -0.2) is 23.8 Å². The highest BCUT2D eigenvalue weighted by atomic mass is 32.2. The van der Waals surface area contributed by atoms with E-state index in [0.29, 0.717) is 12.0 Å². The van der Waals surface area contributed by atoms with Gasteiger partial charge in [0.05, 0.1) is 6.61 Å². The summed E-state index contributed by atoms with van der Waals surface area (Å²) in [7, 11) is 0. The number of aliphatic hydroxyl groups excluding tert-OH is 1. The van der Waals surface area contributed by atoms with Crippen LogP contribution in [0.2, 0.25) is 0 Å². The van der Waals surface area contributed by atoms with Gasteiger partial charge in [-0.3, -0.25) is 4.79 Å². The molecule has 15 heavy (non-hydrogen) atoms. The first-order valence-corrected chi connectivity index (χ1v) is 5.78. The highest BCUT2D eigenvalue weighted by molar-refractivity contribution is 7.99. The highest BCUT2D eigenvalue weighted by Gasteiger charge is 1.96. The zero-order chi connectivity index (χ0) is 10.9. The Labute approximate surface area is 94.0 Å². The highest BCUT2D eigenvalue weighted by Crippen LogP contribution is 2.19. The van der Waals surface area contributed by atoms with E-state index >= 15 is 0 Å². The molecule has 80 valence electrons. The first-order chi connectivity index (χ1) is 7.36. The van der Waals surface area contributed by atoms with Gasteiger partial charge in [0, 0.05) is 10.6 Å². The van der Waals surface area contributed by atoms with Gasteiger partial charge in [-0.15, -0.1) is 11.8 Å². The second kappa shape index (κ2) is 7.26. The molecule has 1 N–H and O–H groups in total. The maximum atomic E-state index is 10.5. The van der Waals surface area contributed by atoms with Gasteiger partial charge in [-0.25, -0.2) is 0 Å². The molecule has 0 amide bonds. The number of hydrogen-bond acceptors (Lipinski definition) is 3. The summed E-state index contributed by atoms with van der Waals surface area (Å²) in [6.07, 6.45) is 3.06. The fourth-order valence-electron chi connectivity index (χ4n) is 1.13. The van der Waals surface area contributed by atoms with E-state index < -0.39 is 0 Å². The van der Waals surface area contributed by atoms with Gasteiger partial charge in [-0.2, -0.15) is 0 Å². The number of thioether (sulfide) groups is 1. The zero-order valence-corrected chi connectivity index (χ0v) is 9.24. The minimum atomic E-state index is -0.0654. The molecule has 0 aromatic heterocycles. The zero-order valence-electron chi connectivity index (χ0n) is 8.43. The third kappa shape index (κ3) is 4.81. The molecule has 0 aliphatic carbocycles. The third-order valence-corrected chi connectivity index (χ3v) is 2.92. The van der Waals surface area contributed by atoms with Crippen molar-refractivity contribution in [2.45, 2.75) is 11.3 Å². The molecule has 3 heteroatoms. The van der Waals surface area contributed by atoms with Crippen LogP contribution in [0.4, 0.5) is 0 Å². The van der Waals surface area contributed by atoms with Gasteiger partial charge in [0.2, 0.25) is 0 Å². The number of rotatable bonds is 6. The molecule has 0 saturated carbocycles. The number of allylic oxidation sites excluding steroid dienone is 1. The second-order valence-electron chi connectivity index (χ2n) is 2.99. The lowest BCUT2D eigenvalue weighted by Gasteiger charge is -2.00. The van der Waals surface area contributed by atoms with E-state index in [0.717, 1.165) is 12.0 Å². The number of aliphatic hydroxyl groups is 1. The van der Waals surface area contributed by atoms with Gasteiger partial charge in [-0.1, -0.05) is 24.3 Å². The van der Waals surface area contributed by atoms with Crippen molar-refractivity contribution in [3.63, 3.8) is 0 Å². The van der Waals surface area contributed by atoms with Crippen molar-refractivity contribution >= 4 is 18.0 Å². The summed E-state index contributed by atoms with van der Waals surface area (Å²) in [5.41, 5.74) is 0.668. The first-order valence-electron chi connectivity index (χ1n) is 4.79. The van der Waals surface area contributed by atoms with Crippen LogP contribution in [0.1, 0.15) is 6.42 Å². The lowest BCUT2D eigenvalue weighted by Crippen LogP contribution is -1.90. The fraction of sp³-hybridized carbons (Fsp3) is 0.250. The van der Waals surface area contributed by atoms with Crippen molar-refractivity contribution < 1.29 is 9.90 Å². The van der Waals surface area contributed by atoms with E-state index in [9.17, 15) is 4.79 Å². The summed E-state index contributed by atoms with van der Waals surface area (Å²) < 4.78 is 0. The van der Waals surface area contributed by atoms with E-state index in [1.54, 1.807) is 17.8 Å². The molecular formula is C12H14O2S. The molecule has 0 saturated heterocycles. The molecule has 0 unspecified atom stereocenters. The number of carbonyl (C=O) groups is 1. The van der Waals surface area contributed by atoms with Crippen LogP contribution < -0.4 is 0 Å². The number of benzene rings is 1. The summed E-state index contributed by atoms with van der Waals surface area (Å²) in [4.78, 5) is 11.7. The Kier molecular flexibility index (Phi) is 5.81. The molecule has 0 aliphatic rings. The van der Waals surface area contributed by atoms with Crippen LogP contribution in [0.15, 0.2) is 46.9 Å². The Morgan fingerprint density at radius 1 is 1.33 bits per heavy atom. The Balaban J connectivity index is 2.33. The van der Waals surface area contributed by atoms with E-state index in [1.807, 2.05) is 30.3 Å². The van der Waals surface area contributed by atoms with E-state index in [-0.39, 0.29) is 6.61 Å². The van der Waals surface area contributed by atoms with Gasteiger partial charge in [0.1, 0.15) is 6.29 Å². The van der Waals surface area contributed by atoms with Gasteiger partial charge in [0.15, 0.2) is 0 Å². The second-order valence-corrected chi connectivity index (χ2v) is 4.16. The van der Waals surface area contributed by atoms with Crippen molar-refractivity contribution in [1.82, 2.24) is 0 Å². The van der Waals surface area contributed by atoms with Gasteiger partial charge in [0.25, 0.3) is 0 Å². The lowest BCUT2D eigenvalue weighted by molar-refractivity contribution is -0.105. The van der Waals surface area contributed by atoms with Crippen LogP contribution in [-0.2, 0) is 4.79 Å². The SMILES string of the molecule is O=C/C(=C\CO)CCSc1ccccc1. The summed E-state index contributed by atoms with van der Waals surface area (Å²) in [5, 5.41) is 8.64. The molecule has 0 bridgehead atoms. The average Bonchev–Trinajstić information content (AvgIpc) is 2.29. The lowest BCUT2D eigenvalue weighted by atomic mass is 10.2. The number of aldehydes is 1. The minimum Gasteiger partial charge on any atom is -0.392 e. The van der Waals surface area contributed by atoms with Crippen molar-refractivity contribution in [1.29, 1.82) is 0 Å².